The summed E-state index contributed by atoms with van der Waals surface area (Å²) in [5.74, 6) is 0.655. The summed E-state index contributed by atoms with van der Waals surface area (Å²) in [4.78, 5) is 11.3. The summed E-state index contributed by atoms with van der Waals surface area (Å²) in [6.07, 6.45) is 11.7. The zero-order valence-electron chi connectivity index (χ0n) is 10.3. The van der Waals surface area contributed by atoms with Gasteiger partial charge in [-0.05, 0) is 6.42 Å². The van der Waals surface area contributed by atoms with Crippen LogP contribution >= 0.6 is 11.6 Å². The number of hydrogen-bond acceptors (Lipinski definition) is 1. The second-order valence-electron chi connectivity index (χ2n) is 3.95. The lowest BCUT2D eigenvalue weighted by atomic mass is 10.1. The van der Waals surface area contributed by atoms with Crippen LogP contribution in [-0.4, -0.2) is 18.3 Å². The van der Waals surface area contributed by atoms with Crippen molar-refractivity contribution in [2.75, 3.05) is 12.4 Å². The van der Waals surface area contributed by atoms with E-state index >= 15 is 0 Å². The molecule has 0 spiro atoms. The molecule has 0 saturated heterocycles. The molecule has 0 radical (unpaired) electrons. The monoisotopic (exact) mass is 245 g/mol. The van der Waals surface area contributed by atoms with Gasteiger partial charge in [0, 0.05) is 18.8 Å². The molecular formula is C13H24ClNO. The van der Waals surface area contributed by atoms with Crippen molar-refractivity contribution in [3.63, 3.8) is 0 Å². The Morgan fingerprint density at radius 1 is 1.12 bits per heavy atom. The zero-order chi connectivity index (χ0) is 12.1. The molecule has 2 nitrogen and oxygen atoms in total. The maximum Gasteiger partial charge on any atom is 0.220 e. The quantitative estimate of drug-likeness (QED) is 0.355. The Bertz CT molecular complexity index is 192. The Labute approximate surface area is 104 Å². The van der Waals surface area contributed by atoms with E-state index in [1.54, 1.807) is 0 Å². The van der Waals surface area contributed by atoms with E-state index < -0.39 is 0 Å². The van der Waals surface area contributed by atoms with Gasteiger partial charge in [-0.25, -0.2) is 0 Å². The van der Waals surface area contributed by atoms with Crippen LogP contribution in [0.2, 0.25) is 0 Å². The molecule has 16 heavy (non-hydrogen) atoms. The minimum absolute atomic E-state index is 0.148. The molecule has 3 heteroatoms. The standard InChI is InChI=1S/C13H24ClNO/c1-2-3-4-5-6-7-10-13(16)15-12-9-8-11-14/h8-9H,2-7,10-12H2,1H3,(H,15,16)/b9-8+. The molecule has 0 fully saturated rings. The first-order valence-corrected chi connectivity index (χ1v) is 6.82. The van der Waals surface area contributed by atoms with E-state index in [0.29, 0.717) is 18.8 Å². The maximum atomic E-state index is 11.3. The summed E-state index contributed by atoms with van der Waals surface area (Å²) in [7, 11) is 0. The lowest BCUT2D eigenvalue weighted by Gasteiger charge is -2.02. The number of carbonyl (C=O) groups is 1. The van der Waals surface area contributed by atoms with Gasteiger partial charge in [0.1, 0.15) is 0 Å². The van der Waals surface area contributed by atoms with Crippen molar-refractivity contribution in [2.45, 2.75) is 51.9 Å². The second-order valence-corrected chi connectivity index (χ2v) is 4.26. The highest BCUT2D eigenvalue weighted by molar-refractivity contribution is 6.18. The maximum absolute atomic E-state index is 11.3. The van der Waals surface area contributed by atoms with E-state index in [1.165, 1.54) is 32.1 Å². The molecule has 0 atom stereocenters. The van der Waals surface area contributed by atoms with Crippen LogP contribution < -0.4 is 5.32 Å². The topological polar surface area (TPSA) is 29.1 Å². The van der Waals surface area contributed by atoms with Crippen molar-refractivity contribution in [2.24, 2.45) is 0 Å². The van der Waals surface area contributed by atoms with Gasteiger partial charge in [-0.3, -0.25) is 4.79 Å². The molecule has 0 bridgehead atoms. The molecule has 0 aliphatic rings. The van der Waals surface area contributed by atoms with Gasteiger partial charge in [0.25, 0.3) is 0 Å². The van der Waals surface area contributed by atoms with Gasteiger partial charge < -0.3 is 5.32 Å². The fourth-order valence-electron chi connectivity index (χ4n) is 1.47. The van der Waals surface area contributed by atoms with Crippen molar-refractivity contribution in [1.82, 2.24) is 5.32 Å². The van der Waals surface area contributed by atoms with Gasteiger partial charge in [0.05, 0.1) is 0 Å². The number of rotatable bonds is 10. The Balaban J connectivity index is 3.20. The molecule has 1 amide bonds. The smallest absolute Gasteiger partial charge is 0.220 e. The molecule has 0 aromatic carbocycles. The van der Waals surface area contributed by atoms with E-state index in [9.17, 15) is 4.79 Å². The zero-order valence-corrected chi connectivity index (χ0v) is 11.1. The summed E-state index contributed by atoms with van der Waals surface area (Å²) >= 11 is 5.46. The first-order chi connectivity index (χ1) is 7.81. The Morgan fingerprint density at radius 3 is 2.50 bits per heavy atom. The summed E-state index contributed by atoms with van der Waals surface area (Å²) in [5.41, 5.74) is 0. The highest BCUT2D eigenvalue weighted by atomic mass is 35.5. The molecule has 0 saturated carbocycles. The third-order valence-corrected chi connectivity index (χ3v) is 2.61. The number of nitrogens with one attached hydrogen (secondary N) is 1. The van der Waals surface area contributed by atoms with Crippen molar-refractivity contribution >= 4 is 17.5 Å². The normalized spacial score (nSPS) is 10.9. The average molecular weight is 246 g/mol. The highest BCUT2D eigenvalue weighted by Gasteiger charge is 1.98. The van der Waals surface area contributed by atoms with Crippen LogP contribution in [-0.2, 0) is 4.79 Å². The van der Waals surface area contributed by atoms with E-state index in [0.717, 1.165) is 6.42 Å². The Kier molecular flexibility index (Phi) is 12.2. The number of hydrogen-bond donors (Lipinski definition) is 1. The van der Waals surface area contributed by atoms with E-state index in [1.807, 2.05) is 12.2 Å². The molecule has 0 aromatic heterocycles. The predicted octanol–water partition coefficient (Wildman–Crippen LogP) is 3.65. The van der Waals surface area contributed by atoms with Crippen molar-refractivity contribution in [3.05, 3.63) is 12.2 Å². The van der Waals surface area contributed by atoms with Crippen LogP contribution in [0.15, 0.2) is 12.2 Å². The van der Waals surface area contributed by atoms with Gasteiger partial charge >= 0.3 is 0 Å². The summed E-state index contributed by atoms with van der Waals surface area (Å²) in [6.45, 7) is 2.81. The Hall–Kier alpha value is -0.500. The van der Waals surface area contributed by atoms with Crippen molar-refractivity contribution < 1.29 is 4.79 Å². The van der Waals surface area contributed by atoms with E-state index in [2.05, 4.69) is 12.2 Å². The van der Waals surface area contributed by atoms with E-state index in [4.69, 9.17) is 11.6 Å². The molecule has 94 valence electrons. The van der Waals surface area contributed by atoms with Crippen molar-refractivity contribution in [3.8, 4) is 0 Å². The third kappa shape index (κ3) is 11.6. The van der Waals surface area contributed by atoms with Gasteiger partial charge in [0.2, 0.25) is 5.91 Å². The lowest BCUT2D eigenvalue weighted by Crippen LogP contribution is -2.22. The number of allylic oxidation sites excluding steroid dienone is 1. The number of amides is 1. The second kappa shape index (κ2) is 12.6. The molecule has 0 aliphatic heterocycles. The van der Waals surface area contributed by atoms with Crippen LogP contribution in [0, 0.1) is 0 Å². The van der Waals surface area contributed by atoms with Gasteiger partial charge in [-0.15, -0.1) is 11.6 Å². The fraction of sp³-hybridized carbons (Fsp3) is 0.769. The number of unbranched alkanes of at least 4 members (excludes halogenated alkanes) is 5. The minimum Gasteiger partial charge on any atom is -0.353 e. The number of alkyl halides is 1. The molecular weight excluding hydrogens is 222 g/mol. The summed E-state index contributed by atoms with van der Waals surface area (Å²) < 4.78 is 0. The van der Waals surface area contributed by atoms with Crippen LogP contribution in [0.1, 0.15) is 51.9 Å². The van der Waals surface area contributed by atoms with E-state index in [-0.39, 0.29) is 5.91 Å². The molecule has 1 N–H and O–H groups in total. The molecule has 0 unspecified atom stereocenters. The number of carbonyl (C=O) groups excluding carboxylic acids is 1. The van der Waals surface area contributed by atoms with Crippen LogP contribution in [0.5, 0.6) is 0 Å². The van der Waals surface area contributed by atoms with Crippen LogP contribution in [0.3, 0.4) is 0 Å². The van der Waals surface area contributed by atoms with Crippen LogP contribution in [0.4, 0.5) is 0 Å². The van der Waals surface area contributed by atoms with Gasteiger partial charge in [0.15, 0.2) is 0 Å². The Morgan fingerprint density at radius 2 is 1.81 bits per heavy atom. The molecule has 0 aliphatic carbocycles. The summed E-state index contributed by atoms with van der Waals surface area (Å²) in [6, 6.07) is 0. The average Bonchev–Trinajstić information content (AvgIpc) is 2.29. The predicted molar refractivity (Wildman–Crippen MR) is 70.9 cm³/mol. The molecule has 0 aromatic rings. The number of halogens is 1. The van der Waals surface area contributed by atoms with Gasteiger partial charge in [-0.2, -0.15) is 0 Å². The SMILES string of the molecule is CCCCCCCCC(=O)NC/C=C/CCl. The van der Waals surface area contributed by atoms with Gasteiger partial charge in [-0.1, -0.05) is 51.2 Å². The molecule has 0 heterocycles. The molecule has 0 rings (SSSR count). The largest absolute Gasteiger partial charge is 0.353 e. The van der Waals surface area contributed by atoms with Crippen molar-refractivity contribution in [1.29, 1.82) is 0 Å². The first-order valence-electron chi connectivity index (χ1n) is 6.29. The fourth-order valence-corrected chi connectivity index (χ4v) is 1.60. The minimum atomic E-state index is 0.148. The first kappa shape index (κ1) is 15.5. The van der Waals surface area contributed by atoms with Crippen LogP contribution in [0.25, 0.3) is 0 Å². The lowest BCUT2D eigenvalue weighted by molar-refractivity contribution is -0.121. The summed E-state index contributed by atoms with van der Waals surface area (Å²) in [5, 5.41) is 2.84. The third-order valence-electron chi connectivity index (χ3n) is 2.43. The highest BCUT2D eigenvalue weighted by Crippen LogP contribution is 2.06.